The maximum absolute atomic E-state index is 14.3. The van der Waals surface area contributed by atoms with E-state index < -0.39 is 16.5 Å². The second-order valence-corrected chi connectivity index (χ2v) is 9.87. The number of hydrogen-bond acceptors (Lipinski definition) is 5. The van der Waals surface area contributed by atoms with Gasteiger partial charge in [0, 0.05) is 24.7 Å². The molecule has 1 amide bonds. The zero-order chi connectivity index (χ0) is 22.6. The topological polar surface area (TPSA) is 64.9 Å². The average Bonchev–Trinajstić information content (AvgIpc) is 3.31. The highest BCUT2D eigenvalue weighted by Crippen LogP contribution is 2.59. The maximum Gasteiger partial charge on any atom is 0.241 e. The van der Waals surface area contributed by atoms with Gasteiger partial charge in [-0.05, 0) is 42.5 Å². The van der Waals surface area contributed by atoms with Crippen molar-refractivity contribution >= 4 is 36.6 Å². The van der Waals surface area contributed by atoms with Crippen molar-refractivity contribution in [1.82, 2.24) is 10.3 Å². The van der Waals surface area contributed by atoms with Crippen LogP contribution in [-0.2, 0) is 9.67 Å². The smallest absolute Gasteiger partial charge is 0.241 e. The number of rotatable bonds is 4. The summed E-state index contributed by atoms with van der Waals surface area (Å²) in [4.78, 5) is 11.8. The minimum Gasteiger partial charge on any atom is -0.395 e. The first-order valence-electron chi connectivity index (χ1n) is 10.0. The molecule has 0 bridgehead atoms. The fourth-order valence-corrected chi connectivity index (χ4v) is 7.38. The fourth-order valence-electron chi connectivity index (χ4n) is 3.72. The molecule has 0 radical (unpaired) electrons. The van der Waals surface area contributed by atoms with Crippen LogP contribution in [0.2, 0.25) is 0 Å². The van der Waals surface area contributed by atoms with Crippen molar-refractivity contribution in [3.05, 3.63) is 65.2 Å². The molecule has 2 aromatic rings. The summed E-state index contributed by atoms with van der Waals surface area (Å²) in [5, 5.41) is 18.2. The van der Waals surface area contributed by atoms with E-state index in [0.717, 1.165) is 30.2 Å². The first kappa shape index (κ1) is 23.8. The van der Waals surface area contributed by atoms with Gasteiger partial charge >= 0.3 is 0 Å². The summed E-state index contributed by atoms with van der Waals surface area (Å²) in [6.07, 6.45) is 0.859. The van der Waals surface area contributed by atoms with Gasteiger partial charge in [0.1, 0.15) is 21.5 Å². The molecule has 2 heterocycles. The number of halogens is 2. The Hall–Kier alpha value is -1.86. The summed E-state index contributed by atoms with van der Waals surface area (Å²) in [6, 6.07) is 11.3. The number of nitrogens with zero attached hydrogens (tertiary/aromatic N) is 2. The number of amides is 1. The Morgan fingerprint density at radius 2 is 2.06 bits per heavy atom. The minimum atomic E-state index is -0.691. The number of hydrogen-bond donors (Lipinski definition) is 2. The number of carbonyl (C=O) groups excluding carboxylic acids is 1. The monoisotopic (exact) mass is 465 g/mol. The van der Waals surface area contributed by atoms with Gasteiger partial charge in [-0.3, -0.25) is 4.79 Å². The fraction of sp³-hybridized carbons (Fsp3) is 0.364. The molecular weight excluding hydrogens is 439 g/mol. The second kappa shape index (κ2) is 10.2. The predicted octanol–water partition coefficient (Wildman–Crippen LogP) is 3.37. The number of carbonyl (C=O) groups is 1. The Balaban J connectivity index is 0.000000491. The molecule has 166 valence electrons. The Labute approximate surface area is 187 Å². The van der Waals surface area contributed by atoms with Crippen LogP contribution in [0.4, 0.5) is 8.78 Å². The molecule has 31 heavy (non-hydrogen) atoms. The van der Waals surface area contributed by atoms with Crippen LogP contribution in [-0.4, -0.2) is 46.9 Å². The van der Waals surface area contributed by atoms with Gasteiger partial charge in [-0.1, -0.05) is 51.5 Å². The normalized spacial score (nSPS) is 22.3. The first-order valence-corrected chi connectivity index (χ1v) is 11.9. The van der Waals surface area contributed by atoms with Crippen LogP contribution >= 0.6 is 20.3 Å². The van der Waals surface area contributed by atoms with Crippen molar-refractivity contribution in [1.29, 1.82) is 0 Å². The molecular formula is C22H26F2N3O2PS. The van der Waals surface area contributed by atoms with Gasteiger partial charge in [-0.15, -0.1) is 0 Å². The number of aliphatic hydroxyl groups is 1. The zero-order valence-corrected chi connectivity index (χ0v) is 19.5. The molecule has 0 fully saturated rings. The van der Waals surface area contributed by atoms with Crippen molar-refractivity contribution < 1.29 is 18.7 Å². The zero-order valence-electron chi connectivity index (χ0n) is 17.7. The third-order valence-corrected chi connectivity index (χ3v) is 8.71. The quantitative estimate of drug-likeness (QED) is 0.680. The highest BCUT2D eigenvalue weighted by molar-refractivity contribution is 8.15. The van der Waals surface area contributed by atoms with E-state index >= 15 is 0 Å². The van der Waals surface area contributed by atoms with E-state index in [9.17, 15) is 13.6 Å². The lowest BCUT2D eigenvalue weighted by Gasteiger charge is -2.36. The molecule has 9 heteroatoms. The summed E-state index contributed by atoms with van der Waals surface area (Å²) >= 11 is 1.36. The van der Waals surface area contributed by atoms with Gasteiger partial charge in [0.25, 0.3) is 0 Å². The van der Waals surface area contributed by atoms with Crippen LogP contribution in [0.5, 0.6) is 0 Å². The summed E-state index contributed by atoms with van der Waals surface area (Å²) in [5.74, 6) is -1.27. The molecule has 0 aromatic heterocycles. The third-order valence-electron chi connectivity index (χ3n) is 5.10. The summed E-state index contributed by atoms with van der Waals surface area (Å²) < 4.78 is 28.0. The number of thioether (sulfide) groups is 1. The molecule has 2 aliphatic heterocycles. The molecule has 0 saturated carbocycles. The Morgan fingerprint density at radius 3 is 2.68 bits per heavy atom. The van der Waals surface area contributed by atoms with Crippen LogP contribution < -0.4 is 10.6 Å². The highest BCUT2D eigenvalue weighted by atomic mass is 32.2. The maximum atomic E-state index is 14.3. The Kier molecular flexibility index (Phi) is 7.81. The van der Waals surface area contributed by atoms with E-state index in [1.54, 1.807) is 7.05 Å². The van der Waals surface area contributed by atoms with Crippen LogP contribution in [0.25, 0.3) is 0 Å². The van der Waals surface area contributed by atoms with Crippen LogP contribution in [0.3, 0.4) is 0 Å². The molecule has 4 rings (SSSR count). The molecule has 0 saturated heterocycles. The largest absolute Gasteiger partial charge is 0.395 e. The van der Waals surface area contributed by atoms with E-state index in [4.69, 9.17) is 5.11 Å². The number of fused-ring (bicyclic) bond motifs is 2. The summed E-state index contributed by atoms with van der Waals surface area (Å²) in [7, 11) is 2.34. The number of likely N-dealkylation sites (N-methyl/N-ethyl adjacent to an activating group) is 1. The van der Waals surface area contributed by atoms with Crippen molar-refractivity contribution in [2.75, 3.05) is 20.2 Å². The van der Waals surface area contributed by atoms with Crippen LogP contribution in [0.15, 0.2) is 47.6 Å². The number of benzene rings is 2. The van der Waals surface area contributed by atoms with Gasteiger partial charge in [-0.2, -0.15) is 5.10 Å². The number of hydrazone groups is 1. The average molecular weight is 466 g/mol. The van der Waals surface area contributed by atoms with E-state index in [2.05, 4.69) is 23.4 Å². The van der Waals surface area contributed by atoms with E-state index in [1.807, 2.05) is 18.2 Å². The molecule has 0 aliphatic carbocycles. The van der Waals surface area contributed by atoms with Gasteiger partial charge in [0.2, 0.25) is 5.91 Å². The summed E-state index contributed by atoms with van der Waals surface area (Å²) in [5.41, 5.74) is 1.31. The summed E-state index contributed by atoms with van der Waals surface area (Å²) in [6.45, 7) is 4.48. The van der Waals surface area contributed by atoms with Gasteiger partial charge in [-0.25, -0.2) is 13.8 Å². The Morgan fingerprint density at radius 1 is 1.32 bits per heavy atom. The lowest BCUT2D eigenvalue weighted by molar-refractivity contribution is -0.132. The SMILES string of the molecule is CCC1Pc2ccccc2C12SC(c1cc(F)ccc1F)=NN2C(C)=O.CNCCO. The van der Waals surface area contributed by atoms with Crippen molar-refractivity contribution in [3.8, 4) is 0 Å². The van der Waals surface area contributed by atoms with Gasteiger partial charge in [0.05, 0.1) is 6.61 Å². The van der Waals surface area contributed by atoms with Crippen molar-refractivity contribution in [2.45, 2.75) is 30.8 Å². The van der Waals surface area contributed by atoms with Gasteiger partial charge in [0.15, 0.2) is 0 Å². The van der Waals surface area contributed by atoms with Crippen LogP contribution in [0.1, 0.15) is 31.4 Å². The molecule has 1 spiro atoms. The molecule has 2 aliphatic rings. The minimum absolute atomic E-state index is 0.0979. The van der Waals surface area contributed by atoms with Crippen LogP contribution in [0, 0.1) is 11.6 Å². The molecule has 2 N–H and O–H groups in total. The standard InChI is InChI=1S/C19H17F2N2OPS.C3H9NO/c1-3-17-19(14-6-4-5-7-16(14)25-17)23(11(2)24)22-18(26-19)13-10-12(20)8-9-15(13)21;1-4-2-3-5/h4-10,17,25H,3H2,1-2H3;4-5H,2-3H2,1H3. The van der Waals surface area contributed by atoms with Crippen molar-refractivity contribution in [2.24, 2.45) is 5.10 Å². The lowest BCUT2D eigenvalue weighted by Crippen LogP contribution is -2.45. The molecule has 2 aromatic carbocycles. The van der Waals surface area contributed by atoms with E-state index in [0.29, 0.717) is 20.2 Å². The van der Waals surface area contributed by atoms with E-state index in [1.165, 1.54) is 29.0 Å². The van der Waals surface area contributed by atoms with Crippen molar-refractivity contribution in [3.63, 3.8) is 0 Å². The molecule has 3 atom stereocenters. The third kappa shape index (κ3) is 4.53. The first-order chi connectivity index (χ1) is 14.9. The number of aliphatic hydroxyl groups excluding tert-OH is 1. The highest BCUT2D eigenvalue weighted by Gasteiger charge is 2.56. The second-order valence-electron chi connectivity index (χ2n) is 7.14. The lowest BCUT2D eigenvalue weighted by atomic mass is 10.0. The predicted molar refractivity (Wildman–Crippen MR) is 124 cm³/mol. The molecule has 5 nitrogen and oxygen atoms in total. The molecule has 3 unspecified atom stereocenters. The number of nitrogens with one attached hydrogen (secondary N) is 1. The Bertz CT molecular complexity index is 989. The van der Waals surface area contributed by atoms with E-state index in [-0.39, 0.29) is 23.7 Å². The van der Waals surface area contributed by atoms with Gasteiger partial charge < -0.3 is 10.4 Å².